The van der Waals surface area contributed by atoms with Crippen molar-refractivity contribution in [2.24, 2.45) is 11.3 Å². The second-order valence-electron chi connectivity index (χ2n) is 12.0. The van der Waals surface area contributed by atoms with Crippen LogP contribution in [0.3, 0.4) is 0 Å². The molecule has 0 spiro atoms. The largest absolute Gasteiger partial charge is 0.493 e. The number of fused-ring (bicyclic) bond motifs is 1. The zero-order valence-electron chi connectivity index (χ0n) is 24.6. The molecular weight excluding hydrogens is 480 g/mol. The molecule has 0 unspecified atom stereocenters. The van der Waals surface area contributed by atoms with E-state index in [9.17, 15) is 14.7 Å². The summed E-state index contributed by atoms with van der Waals surface area (Å²) in [4.78, 5) is 30.7. The number of rotatable bonds is 15. The van der Waals surface area contributed by atoms with Crippen LogP contribution in [0.15, 0.2) is 12.1 Å². The summed E-state index contributed by atoms with van der Waals surface area (Å²) in [6.45, 7) is 13.9. The Bertz CT molecular complexity index is 938. The van der Waals surface area contributed by atoms with E-state index in [0.717, 1.165) is 81.3 Å². The topological polar surface area (TPSA) is 79.3 Å². The van der Waals surface area contributed by atoms with Gasteiger partial charge in [0.25, 0.3) is 0 Å². The quantitative estimate of drug-likeness (QED) is 0.311. The zero-order chi connectivity index (χ0) is 27.9. The standard InChI is InChI=1S/C31H50N2O5/c1-7-10-14-32(15-11-8-2)27(34)21-33-20-24(23-17-22-12-16-38-29(22)26(18-23)37-6)28(30(35)36)25(33)19-31(4,5)13-9-3/h17-18,24-25,28H,7-16,19-21H2,1-6H3,(H,35,36)/t24-,25+,28-/m1/s1. The molecule has 0 aromatic heterocycles. The fraction of sp³-hybridized carbons (Fsp3) is 0.742. The fourth-order valence-corrected chi connectivity index (χ4v) is 6.42. The van der Waals surface area contributed by atoms with Crippen molar-refractivity contribution in [3.63, 3.8) is 0 Å². The smallest absolute Gasteiger partial charge is 0.308 e. The Morgan fingerprint density at radius 1 is 1.13 bits per heavy atom. The van der Waals surface area contributed by atoms with Crippen molar-refractivity contribution in [2.75, 3.05) is 39.9 Å². The number of carbonyl (C=O) groups is 2. The Kier molecular flexibility index (Phi) is 10.9. The van der Waals surface area contributed by atoms with Crippen LogP contribution in [0.5, 0.6) is 11.5 Å². The van der Waals surface area contributed by atoms with Crippen molar-refractivity contribution < 1.29 is 24.2 Å². The number of methoxy groups -OCH3 is 1. The van der Waals surface area contributed by atoms with Crippen LogP contribution in [0.2, 0.25) is 0 Å². The van der Waals surface area contributed by atoms with Crippen LogP contribution < -0.4 is 9.47 Å². The lowest BCUT2D eigenvalue weighted by atomic mass is 9.76. The van der Waals surface area contributed by atoms with E-state index in [1.54, 1.807) is 7.11 Å². The number of hydrogen-bond acceptors (Lipinski definition) is 5. The molecule has 1 amide bonds. The first-order chi connectivity index (χ1) is 18.1. The lowest BCUT2D eigenvalue weighted by Crippen LogP contribution is -2.46. The second-order valence-corrected chi connectivity index (χ2v) is 12.0. The predicted molar refractivity (Wildman–Crippen MR) is 151 cm³/mol. The van der Waals surface area contributed by atoms with E-state index in [1.165, 1.54) is 0 Å². The van der Waals surface area contributed by atoms with E-state index in [-0.39, 0.29) is 29.8 Å². The third-order valence-corrected chi connectivity index (χ3v) is 8.40. The highest BCUT2D eigenvalue weighted by molar-refractivity contribution is 5.79. The summed E-state index contributed by atoms with van der Waals surface area (Å²) in [5.74, 6) is -0.0363. The molecule has 7 nitrogen and oxygen atoms in total. The maximum absolute atomic E-state index is 13.6. The Hall–Kier alpha value is -2.28. The molecule has 7 heteroatoms. The number of hydrogen-bond donors (Lipinski definition) is 1. The van der Waals surface area contributed by atoms with E-state index in [2.05, 4.69) is 45.6 Å². The minimum atomic E-state index is -0.785. The van der Waals surface area contributed by atoms with Gasteiger partial charge in [0.05, 0.1) is 26.2 Å². The van der Waals surface area contributed by atoms with E-state index in [0.29, 0.717) is 18.9 Å². The van der Waals surface area contributed by atoms with Crippen LogP contribution >= 0.6 is 0 Å². The Morgan fingerprint density at radius 3 is 2.39 bits per heavy atom. The highest BCUT2D eigenvalue weighted by Gasteiger charge is 2.49. The molecule has 38 heavy (non-hydrogen) atoms. The maximum Gasteiger partial charge on any atom is 0.308 e. The average Bonchev–Trinajstić information content (AvgIpc) is 3.48. The molecule has 214 valence electrons. The van der Waals surface area contributed by atoms with Crippen LogP contribution in [0, 0.1) is 11.3 Å². The molecule has 1 fully saturated rings. The number of carbonyl (C=O) groups excluding carboxylic acids is 1. The number of amides is 1. The fourth-order valence-electron chi connectivity index (χ4n) is 6.42. The minimum absolute atomic E-state index is 0.0170. The van der Waals surface area contributed by atoms with Crippen LogP contribution in [-0.2, 0) is 16.0 Å². The van der Waals surface area contributed by atoms with Gasteiger partial charge in [-0.05, 0) is 42.7 Å². The van der Waals surface area contributed by atoms with E-state index in [1.807, 2.05) is 11.0 Å². The Labute approximate surface area is 229 Å². The van der Waals surface area contributed by atoms with Gasteiger partial charge in [-0.2, -0.15) is 0 Å². The van der Waals surface area contributed by atoms with Gasteiger partial charge in [-0.25, -0.2) is 0 Å². The number of aliphatic carboxylic acids is 1. The first-order valence-corrected chi connectivity index (χ1v) is 14.7. The molecule has 0 bridgehead atoms. The molecular formula is C31H50N2O5. The maximum atomic E-state index is 13.6. The molecule has 2 heterocycles. The minimum Gasteiger partial charge on any atom is -0.493 e. The van der Waals surface area contributed by atoms with Crippen molar-refractivity contribution in [3.05, 3.63) is 23.3 Å². The number of ether oxygens (including phenoxy) is 2. The Morgan fingerprint density at radius 2 is 1.82 bits per heavy atom. The normalized spacial score (nSPS) is 21.3. The van der Waals surface area contributed by atoms with Gasteiger partial charge in [-0.1, -0.05) is 59.9 Å². The van der Waals surface area contributed by atoms with Gasteiger partial charge in [-0.3, -0.25) is 14.5 Å². The summed E-state index contributed by atoms with van der Waals surface area (Å²) >= 11 is 0. The summed E-state index contributed by atoms with van der Waals surface area (Å²) in [7, 11) is 1.63. The van der Waals surface area contributed by atoms with Gasteiger partial charge in [0, 0.05) is 43.6 Å². The van der Waals surface area contributed by atoms with Gasteiger partial charge in [0.15, 0.2) is 11.5 Å². The molecule has 2 aliphatic rings. The number of unbranched alkanes of at least 4 members (excludes halogenated alkanes) is 2. The van der Waals surface area contributed by atoms with Crippen LogP contribution in [-0.4, -0.2) is 72.7 Å². The number of likely N-dealkylation sites (tertiary alicyclic amines) is 1. The monoisotopic (exact) mass is 530 g/mol. The molecule has 1 aromatic rings. The summed E-state index contributed by atoms with van der Waals surface area (Å²) in [5.41, 5.74) is 2.03. The molecule has 1 saturated heterocycles. The van der Waals surface area contributed by atoms with Crippen LogP contribution in [0.4, 0.5) is 0 Å². The lowest BCUT2D eigenvalue weighted by molar-refractivity contribution is -0.144. The molecule has 1 N–H and O–H groups in total. The first-order valence-electron chi connectivity index (χ1n) is 14.7. The molecule has 3 rings (SSSR count). The number of carboxylic acid groups (broad SMARTS) is 1. The van der Waals surface area contributed by atoms with Gasteiger partial charge >= 0.3 is 5.97 Å². The van der Waals surface area contributed by atoms with Crippen LogP contribution in [0.25, 0.3) is 0 Å². The summed E-state index contributed by atoms with van der Waals surface area (Å²) in [6, 6.07) is 3.86. The molecule has 3 atom stereocenters. The highest BCUT2D eigenvalue weighted by Crippen LogP contribution is 2.46. The van der Waals surface area contributed by atoms with Crippen molar-refractivity contribution in [3.8, 4) is 11.5 Å². The summed E-state index contributed by atoms with van der Waals surface area (Å²) in [6.07, 6.45) is 7.66. The lowest BCUT2D eigenvalue weighted by Gasteiger charge is -2.35. The van der Waals surface area contributed by atoms with Crippen molar-refractivity contribution in [1.82, 2.24) is 9.80 Å². The van der Waals surface area contributed by atoms with Gasteiger partial charge in [-0.15, -0.1) is 0 Å². The Balaban J connectivity index is 1.96. The number of benzene rings is 1. The zero-order valence-corrected chi connectivity index (χ0v) is 24.6. The van der Waals surface area contributed by atoms with Gasteiger partial charge in [0.1, 0.15) is 0 Å². The first kappa shape index (κ1) is 30.3. The third kappa shape index (κ3) is 7.22. The van der Waals surface area contributed by atoms with Crippen molar-refractivity contribution >= 4 is 11.9 Å². The molecule has 0 aliphatic carbocycles. The predicted octanol–water partition coefficient (Wildman–Crippen LogP) is 5.74. The number of nitrogens with zero attached hydrogens (tertiary/aromatic N) is 2. The van der Waals surface area contributed by atoms with E-state index >= 15 is 0 Å². The van der Waals surface area contributed by atoms with Gasteiger partial charge < -0.3 is 19.5 Å². The number of carboxylic acids is 1. The molecule has 0 saturated carbocycles. The van der Waals surface area contributed by atoms with E-state index < -0.39 is 11.9 Å². The van der Waals surface area contributed by atoms with Crippen molar-refractivity contribution in [2.45, 2.75) is 97.9 Å². The SMILES string of the molecule is CCCCN(CCCC)C(=O)CN1C[C@H](c2cc3c(c(OC)c2)OCC3)[C@@H](C(=O)O)[C@@H]1CC(C)(C)CCC. The third-order valence-electron chi connectivity index (χ3n) is 8.40. The summed E-state index contributed by atoms with van der Waals surface area (Å²) in [5, 5.41) is 10.6. The van der Waals surface area contributed by atoms with Crippen molar-refractivity contribution in [1.29, 1.82) is 0 Å². The molecule has 0 radical (unpaired) electrons. The molecule has 2 aliphatic heterocycles. The van der Waals surface area contributed by atoms with Gasteiger partial charge in [0.2, 0.25) is 5.91 Å². The average molecular weight is 531 g/mol. The highest BCUT2D eigenvalue weighted by atomic mass is 16.5. The molecule has 1 aromatic carbocycles. The van der Waals surface area contributed by atoms with E-state index in [4.69, 9.17) is 9.47 Å². The van der Waals surface area contributed by atoms with Crippen LogP contribution in [0.1, 0.15) is 96.6 Å². The summed E-state index contributed by atoms with van der Waals surface area (Å²) < 4.78 is 11.4. The second kappa shape index (κ2) is 13.7.